The van der Waals surface area contributed by atoms with Gasteiger partial charge in [0, 0.05) is 24.5 Å². The second-order valence-corrected chi connectivity index (χ2v) is 5.66. The summed E-state index contributed by atoms with van der Waals surface area (Å²) in [6, 6.07) is 8.45. The van der Waals surface area contributed by atoms with Crippen molar-refractivity contribution in [1.82, 2.24) is 0 Å². The van der Waals surface area contributed by atoms with Gasteiger partial charge in [-0.3, -0.25) is 4.79 Å². The molecule has 2 rings (SSSR count). The molecule has 0 spiro atoms. The molecule has 1 aliphatic carbocycles. The Morgan fingerprint density at radius 2 is 1.75 bits per heavy atom. The van der Waals surface area contributed by atoms with Crippen molar-refractivity contribution in [2.75, 3.05) is 24.4 Å². The van der Waals surface area contributed by atoms with E-state index < -0.39 is 0 Å². The molecule has 1 aromatic carbocycles. The Balaban J connectivity index is 1.83. The van der Waals surface area contributed by atoms with E-state index in [0.29, 0.717) is 6.04 Å². The van der Waals surface area contributed by atoms with Crippen molar-refractivity contribution >= 4 is 17.3 Å². The molecule has 4 heteroatoms. The normalized spacial score (nSPS) is 22.3. The number of nitrogens with one attached hydrogen (secondary N) is 2. The minimum atomic E-state index is -0.130. The van der Waals surface area contributed by atoms with Crippen LogP contribution in [0.25, 0.3) is 0 Å². The summed E-state index contributed by atoms with van der Waals surface area (Å²) in [5.74, 6) is 0.737. The van der Waals surface area contributed by atoms with Gasteiger partial charge in [-0.25, -0.2) is 0 Å². The van der Waals surface area contributed by atoms with Gasteiger partial charge in [0.1, 0.15) is 6.61 Å². The molecule has 1 aromatic rings. The summed E-state index contributed by atoms with van der Waals surface area (Å²) in [5, 5.41) is 6.36. The lowest BCUT2D eigenvalue weighted by molar-refractivity contribution is -0.119. The molecule has 4 nitrogen and oxygen atoms in total. The van der Waals surface area contributed by atoms with Gasteiger partial charge in [0.15, 0.2) is 0 Å². The number of hydrogen-bond acceptors (Lipinski definition) is 3. The molecule has 0 unspecified atom stereocenters. The van der Waals surface area contributed by atoms with Crippen LogP contribution in [0.3, 0.4) is 0 Å². The first-order valence-electron chi connectivity index (χ1n) is 7.32. The number of rotatable bonds is 5. The van der Waals surface area contributed by atoms with Crippen LogP contribution in [0.5, 0.6) is 0 Å². The maximum absolute atomic E-state index is 11.4. The number of hydrogen-bond donors (Lipinski definition) is 2. The van der Waals surface area contributed by atoms with Crippen molar-refractivity contribution in [3.8, 4) is 0 Å². The highest BCUT2D eigenvalue weighted by molar-refractivity contribution is 5.91. The molecule has 0 radical (unpaired) electrons. The first-order valence-corrected chi connectivity index (χ1v) is 7.32. The van der Waals surface area contributed by atoms with E-state index in [9.17, 15) is 4.79 Å². The fourth-order valence-corrected chi connectivity index (χ4v) is 2.62. The molecule has 20 heavy (non-hydrogen) atoms. The van der Waals surface area contributed by atoms with Crippen LogP contribution < -0.4 is 10.6 Å². The Hall–Kier alpha value is -1.55. The Morgan fingerprint density at radius 3 is 2.35 bits per heavy atom. The van der Waals surface area contributed by atoms with Gasteiger partial charge in [-0.15, -0.1) is 0 Å². The first-order chi connectivity index (χ1) is 9.67. The maximum atomic E-state index is 11.4. The number of benzene rings is 1. The van der Waals surface area contributed by atoms with Crippen LogP contribution in [0.2, 0.25) is 0 Å². The summed E-state index contributed by atoms with van der Waals surface area (Å²) in [6.45, 7) is 2.41. The van der Waals surface area contributed by atoms with E-state index in [2.05, 4.69) is 17.6 Å². The van der Waals surface area contributed by atoms with E-state index in [1.807, 2.05) is 24.3 Å². The van der Waals surface area contributed by atoms with Gasteiger partial charge in [-0.05, 0) is 55.9 Å². The van der Waals surface area contributed by atoms with E-state index in [0.717, 1.165) is 17.3 Å². The summed E-state index contributed by atoms with van der Waals surface area (Å²) in [6.07, 6.45) is 5.10. The Bertz CT molecular complexity index is 423. The van der Waals surface area contributed by atoms with Gasteiger partial charge < -0.3 is 15.4 Å². The molecule has 1 fully saturated rings. The Kier molecular flexibility index (Phi) is 5.41. The van der Waals surface area contributed by atoms with E-state index in [1.165, 1.54) is 32.8 Å². The molecule has 110 valence electrons. The number of carbonyl (C=O) groups is 1. The van der Waals surface area contributed by atoms with Crippen LogP contribution in [0.1, 0.15) is 32.6 Å². The Morgan fingerprint density at radius 1 is 1.15 bits per heavy atom. The SMILES string of the molecule is COCC(=O)Nc1ccc(NC2CCC(C)CC2)cc1. The van der Waals surface area contributed by atoms with Gasteiger partial charge in [0.25, 0.3) is 0 Å². The van der Waals surface area contributed by atoms with Crippen LogP contribution in [-0.4, -0.2) is 25.7 Å². The quantitative estimate of drug-likeness (QED) is 0.868. The van der Waals surface area contributed by atoms with Crippen molar-refractivity contribution < 1.29 is 9.53 Å². The molecular weight excluding hydrogens is 252 g/mol. The van der Waals surface area contributed by atoms with Gasteiger partial charge in [-0.1, -0.05) is 6.92 Å². The number of anilines is 2. The van der Waals surface area contributed by atoms with Crippen LogP contribution in [0.4, 0.5) is 11.4 Å². The van der Waals surface area contributed by atoms with Crippen LogP contribution in [0.15, 0.2) is 24.3 Å². The van der Waals surface area contributed by atoms with E-state index in [-0.39, 0.29) is 12.5 Å². The predicted octanol–water partition coefficient (Wildman–Crippen LogP) is 3.26. The number of carbonyl (C=O) groups excluding carboxylic acids is 1. The summed E-state index contributed by atoms with van der Waals surface area (Å²) in [4.78, 5) is 11.4. The highest BCUT2D eigenvalue weighted by Gasteiger charge is 2.17. The van der Waals surface area contributed by atoms with Gasteiger partial charge in [0.2, 0.25) is 5.91 Å². The van der Waals surface area contributed by atoms with Gasteiger partial charge >= 0.3 is 0 Å². The molecule has 0 saturated heterocycles. The van der Waals surface area contributed by atoms with Crippen molar-refractivity contribution in [2.24, 2.45) is 5.92 Å². The fourth-order valence-electron chi connectivity index (χ4n) is 2.62. The summed E-state index contributed by atoms with van der Waals surface area (Å²) in [5.41, 5.74) is 1.92. The lowest BCUT2D eigenvalue weighted by Gasteiger charge is -2.27. The molecule has 1 aliphatic rings. The third-order valence-corrected chi connectivity index (χ3v) is 3.83. The zero-order valence-electron chi connectivity index (χ0n) is 12.3. The van der Waals surface area contributed by atoms with E-state index >= 15 is 0 Å². The monoisotopic (exact) mass is 276 g/mol. The van der Waals surface area contributed by atoms with Crippen molar-refractivity contribution in [2.45, 2.75) is 38.6 Å². The zero-order valence-corrected chi connectivity index (χ0v) is 12.3. The fraction of sp³-hybridized carbons (Fsp3) is 0.562. The smallest absolute Gasteiger partial charge is 0.250 e. The molecule has 0 aromatic heterocycles. The first kappa shape index (κ1) is 14.9. The minimum absolute atomic E-state index is 0.0836. The van der Waals surface area contributed by atoms with Gasteiger partial charge in [-0.2, -0.15) is 0 Å². The predicted molar refractivity (Wildman–Crippen MR) is 82.0 cm³/mol. The minimum Gasteiger partial charge on any atom is -0.382 e. The average molecular weight is 276 g/mol. The van der Waals surface area contributed by atoms with Crippen molar-refractivity contribution in [3.05, 3.63) is 24.3 Å². The molecule has 0 bridgehead atoms. The Labute approximate surface area is 120 Å². The second-order valence-electron chi connectivity index (χ2n) is 5.66. The largest absolute Gasteiger partial charge is 0.382 e. The van der Waals surface area contributed by atoms with Crippen LogP contribution in [0, 0.1) is 5.92 Å². The van der Waals surface area contributed by atoms with Crippen LogP contribution >= 0.6 is 0 Å². The number of methoxy groups -OCH3 is 1. The standard InChI is InChI=1S/C16H24N2O2/c1-12-3-5-13(6-4-12)17-14-7-9-15(10-8-14)18-16(19)11-20-2/h7-10,12-13,17H,3-6,11H2,1-2H3,(H,18,19). The lowest BCUT2D eigenvalue weighted by Crippen LogP contribution is -2.25. The molecule has 2 N–H and O–H groups in total. The van der Waals surface area contributed by atoms with Crippen molar-refractivity contribution in [1.29, 1.82) is 0 Å². The molecule has 1 saturated carbocycles. The van der Waals surface area contributed by atoms with E-state index in [4.69, 9.17) is 4.74 Å². The molecule has 1 amide bonds. The number of ether oxygens (including phenoxy) is 1. The highest BCUT2D eigenvalue weighted by Crippen LogP contribution is 2.26. The lowest BCUT2D eigenvalue weighted by atomic mass is 9.87. The molecular formula is C16H24N2O2. The van der Waals surface area contributed by atoms with Crippen molar-refractivity contribution in [3.63, 3.8) is 0 Å². The zero-order chi connectivity index (χ0) is 14.4. The number of amides is 1. The van der Waals surface area contributed by atoms with E-state index in [1.54, 1.807) is 0 Å². The second kappa shape index (κ2) is 7.29. The highest BCUT2D eigenvalue weighted by atomic mass is 16.5. The molecule has 0 aliphatic heterocycles. The maximum Gasteiger partial charge on any atom is 0.250 e. The third kappa shape index (κ3) is 4.53. The molecule has 0 atom stereocenters. The topological polar surface area (TPSA) is 50.4 Å². The summed E-state index contributed by atoms with van der Waals surface area (Å²) >= 11 is 0. The third-order valence-electron chi connectivity index (χ3n) is 3.83. The van der Waals surface area contributed by atoms with Gasteiger partial charge in [0.05, 0.1) is 0 Å². The average Bonchev–Trinajstić information content (AvgIpc) is 2.44. The van der Waals surface area contributed by atoms with Crippen LogP contribution in [-0.2, 0) is 9.53 Å². The summed E-state index contributed by atoms with van der Waals surface area (Å²) in [7, 11) is 1.51. The molecule has 0 heterocycles. The summed E-state index contributed by atoms with van der Waals surface area (Å²) < 4.78 is 4.78.